The average molecular weight is 1550 g/mol. The molecule has 616 valence electrons. The number of aliphatic hydroxyl groups is 1. The Morgan fingerprint density at radius 2 is 0.500 bits per heavy atom. The van der Waals surface area contributed by atoms with Crippen LogP contribution in [-0.4, -0.2) is 96.7 Å². The summed E-state index contributed by atoms with van der Waals surface area (Å²) in [6.07, 6.45) is 93.9. The molecule has 0 saturated carbocycles. The molecule has 0 heterocycles. The molecule has 0 rings (SSSR count). The molecule has 0 aliphatic carbocycles. The maximum absolute atomic E-state index is 13.1. The smallest absolute Gasteiger partial charge is 0.462 e. The van der Waals surface area contributed by atoms with Crippen molar-refractivity contribution in [3.05, 3.63) is 158 Å². The number of allylic oxidation sites excluding steroid dienone is 26. The van der Waals surface area contributed by atoms with Gasteiger partial charge in [0.25, 0.3) is 0 Å². The van der Waals surface area contributed by atoms with Crippen molar-refractivity contribution in [1.29, 1.82) is 0 Å². The molecule has 0 spiro atoms. The van der Waals surface area contributed by atoms with Crippen molar-refractivity contribution in [3.8, 4) is 0 Å². The molecule has 0 aromatic heterocycles. The van der Waals surface area contributed by atoms with Crippen molar-refractivity contribution in [2.24, 2.45) is 0 Å². The lowest BCUT2D eigenvalue weighted by atomic mass is 10.1. The number of phosphoric ester groups is 2. The SMILES string of the molecule is CC/C=C\C/C=C\C/C=C\C/C=C\C/C=C\C/C=C\CCC(=O)O[C@H](COC(=O)CCCCCCC/C=C\CCCCCCCC)COP(=O)(O)OC[C@@H](O)COP(=O)(O)OC[C@@H](COC(=O)CCCCCCCCC/C=C\CCCCCC)OC(=O)CC/C=C\C/C=C\C/C=C\C/C=C\C/C=C\CCCCC. The van der Waals surface area contributed by atoms with E-state index in [1.54, 1.807) is 0 Å². The Balaban J connectivity index is 5.53. The van der Waals surface area contributed by atoms with E-state index < -0.39 is 97.5 Å². The van der Waals surface area contributed by atoms with E-state index in [2.05, 4.69) is 149 Å². The molecule has 0 bridgehead atoms. The van der Waals surface area contributed by atoms with Gasteiger partial charge in [-0.25, -0.2) is 9.13 Å². The molecule has 0 aromatic carbocycles. The Labute approximate surface area is 655 Å². The quantitative estimate of drug-likeness (QED) is 0.0169. The number of rotatable bonds is 77. The summed E-state index contributed by atoms with van der Waals surface area (Å²) < 4.78 is 68.5. The number of carbonyl (C=O) groups is 4. The number of aliphatic hydroxyl groups excluding tert-OH is 1. The highest BCUT2D eigenvalue weighted by Gasteiger charge is 2.30. The fourth-order valence-corrected chi connectivity index (χ4v) is 12.2. The Morgan fingerprint density at radius 1 is 0.269 bits per heavy atom. The van der Waals surface area contributed by atoms with E-state index in [1.165, 1.54) is 83.5 Å². The second-order valence-electron chi connectivity index (χ2n) is 27.3. The predicted molar refractivity (Wildman–Crippen MR) is 445 cm³/mol. The van der Waals surface area contributed by atoms with E-state index in [1.807, 2.05) is 36.5 Å². The largest absolute Gasteiger partial charge is 0.472 e. The van der Waals surface area contributed by atoms with Crippen molar-refractivity contribution in [3.63, 3.8) is 0 Å². The number of hydrogen-bond donors (Lipinski definition) is 3. The number of hydrogen-bond acceptors (Lipinski definition) is 15. The van der Waals surface area contributed by atoms with Crippen LogP contribution in [0.25, 0.3) is 0 Å². The van der Waals surface area contributed by atoms with Gasteiger partial charge in [0.1, 0.15) is 19.3 Å². The van der Waals surface area contributed by atoms with Crippen molar-refractivity contribution >= 4 is 39.5 Å². The summed E-state index contributed by atoms with van der Waals surface area (Å²) in [6, 6.07) is 0. The highest BCUT2D eigenvalue weighted by atomic mass is 31.2. The van der Waals surface area contributed by atoms with E-state index in [0.717, 1.165) is 148 Å². The van der Waals surface area contributed by atoms with Crippen LogP contribution < -0.4 is 0 Å². The zero-order valence-corrected chi connectivity index (χ0v) is 69.3. The minimum atomic E-state index is -5.01. The van der Waals surface area contributed by atoms with Gasteiger partial charge in [0.05, 0.1) is 26.4 Å². The third-order valence-electron chi connectivity index (χ3n) is 17.0. The van der Waals surface area contributed by atoms with Crippen molar-refractivity contribution in [2.45, 2.75) is 341 Å². The molecular formula is C89H148O17P2. The minimum absolute atomic E-state index is 0.0352. The lowest BCUT2D eigenvalue weighted by Crippen LogP contribution is -2.30. The topological polar surface area (TPSA) is 237 Å². The van der Waals surface area contributed by atoms with Crippen LogP contribution in [0.2, 0.25) is 0 Å². The van der Waals surface area contributed by atoms with Crippen LogP contribution >= 0.6 is 15.6 Å². The van der Waals surface area contributed by atoms with Gasteiger partial charge in [0, 0.05) is 25.7 Å². The third kappa shape index (κ3) is 78.8. The molecule has 2 unspecified atom stereocenters. The fourth-order valence-electron chi connectivity index (χ4n) is 10.6. The number of ether oxygens (including phenoxy) is 4. The molecule has 0 radical (unpaired) electrons. The first-order valence-electron chi connectivity index (χ1n) is 41.7. The second-order valence-corrected chi connectivity index (χ2v) is 30.2. The van der Waals surface area contributed by atoms with Gasteiger partial charge in [-0.3, -0.25) is 37.3 Å². The Bertz CT molecular complexity index is 2660. The third-order valence-corrected chi connectivity index (χ3v) is 18.9. The molecular weight excluding hydrogens is 1400 g/mol. The standard InChI is InChI=1S/C89H148O17P2/c1-5-9-13-17-21-25-29-33-37-39-41-43-47-51-55-59-63-67-71-75-88(93)105-84(79-99-86(91)73-69-65-61-57-53-49-45-35-31-27-23-19-15-11-7-3)81-103-107(95,96)101-77-83(90)78-102-108(97,98)104-82-85(80-100-87(92)74-70-66-62-58-54-50-46-36-32-28-24-20-16-12-8-4)106-89(94)76-72-68-64-60-56-52-48-44-42-40-38-34-30-26-22-18-14-10-6-2/h9,13,21-22,25-26,28,32-35,37-38,41-45,51-52,55-56,63-64,67-68,83-85,90H,5-8,10-12,14-20,23-24,27,29-31,36,39-40,46-50,53-54,57-62,65-66,69-82H2,1-4H3,(H,95,96)(H,97,98)/b13-9-,25-21-,26-22-,32-28-,37-33-,38-34-,43-41-,44-42-,45-35-,55-51-,56-52-,67-63-,68-64-/t83-,84-,85-/m1/s1. The molecule has 0 aliphatic heterocycles. The molecule has 19 heteroatoms. The van der Waals surface area contributed by atoms with Gasteiger partial charge >= 0.3 is 39.5 Å². The Morgan fingerprint density at radius 3 is 0.815 bits per heavy atom. The van der Waals surface area contributed by atoms with E-state index in [9.17, 15) is 43.2 Å². The molecule has 108 heavy (non-hydrogen) atoms. The number of phosphoric acid groups is 2. The van der Waals surface area contributed by atoms with Crippen molar-refractivity contribution in [1.82, 2.24) is 0 Å². The first-order chi connectivity index (χ1) is 52.7. The lowest BCUT2D eigenvalue weighted by Gasteiger charge is -2.21. The van der Waals surface area contributed by atoms with Gasteiger partial charge in [-0.2, -0.15) is 0 Å². The summed E-state index contributed by atoms with van der Waals surface area (Å²) >= 11 is 0. The number of unbranched alkanes of at least 4 members (excludes halogenated alkanes) is 25. The van der Waals surface area contributed by atoms with Crippen LogP contribution in [0.3, 0.4) is 0 Å². The predicted octanol–water partition coefficient (Wildman–Crippen LogP) is 24.8. The normalized spacial score (nSPS) is 14.6. The van der Waals surface area contributed by atoms with Gasteiger partial charge in [-0.15, -0.1) is 0 Å². The van der Waals surface area contributed by atoms with Gasteiger partial charge < -0.3 is 33.8 Å². The molecule has 0 fully saturated rings. The van der Waals surface area contributed by atoms with E-state index in [-0.39, 0.29) is 25.7 Å². The molecule has 17 nitrogen and oxygen atoms in total. The summed E-state index contributed by atoms with van der Waals surface area (Å²) in [7, 11) is -10.0. The van der Waals surface area contributed by atoms with E-state index >= 15 is 0 Å². The van der Waals surface area contributed by atoms with Crippen molar-refractivity contribution in [2.75, 3.05) is 39.6 Å². The minimum Gasteiger partial charge on any atom is -0.462 e. The molecule has 0 aromatic rings. The maximum Gasteiger partial charge on any atom is 0.472 e. The summed E-state index contributed by atoms with van der Waals surface area (Å²) in [6.45, 7) is 4.54. The average Bonchev–Trinajstić information content (AvgIpc) is 0.907. The summed E-state index contributed by atoms with van der Waals surface area (Å²) in [5, 5.41) is 10.7. The number of carbonyl (C=O) groups excluding carboxylic acids is 4. The molecule has 0 aliphatic rings. The van der Waals surface area contributed by atoms with Crippen LogP contribution in [0.4, 0.5) is 0 Å². The first kappa shape index (κ1) is 103. The zero-order chi connectivity index (χ0) is 78.9. The fraction of sp³-hybridized carbons (Fsp3) is 0.663. The Kier molecular flexibility index (Phi) is 75.8. The van der Waals surface area contributed by atoms with Crippen LogP contribution in [0, 0.1) is 0 Å². The van der Waals surface area contributed by atoms with Gasteiger partial charge in [-0.1, -0.05) is 301 Å². The van der Waals surface area contributed by atoms with Crippen LogP contribution in [0.5, 0.6) is 0 Å². The molecule has 3 N–H and O–H groups in total. The van der Waals surface area contributed by atoms with Gasteiger partial charge in [0.15, 0.2) is 12.2 Å². The van der Waals surface area contributed by atoms with Crippen molar-refractivity contribution < 1.29 is 80.2 Å². The Hall–Kier alpha value is -5.32. The summed E-state index contributed by atoms with van der Waals surface area (Å²) in [5.41, 5.74) is 0. The van der Waals surface area contributed by atoms with Gasteiger partial charge in [-0.05, 0) is 154 Å². The molecule has 5 atom stereocenters. The molecule has 0 saturated heterocycles. The highest BCUT2D eigenvalue weighted by Crippen LogP contribution is 2.45. The zero-order valence-electron chi connectivity index (χ0n) is 67.5. The maximum atomic E-state index is 13.1. The monoisotopic (exact) mass is 1550 g/mol. The van der Waals surface area contributed by atoms with Crippen LogP contribution in [0.15, 0.2) is 158 Å². The summed E-state index contributed by atoms with van der Waals surface area (Å²) in [4.78, 5) is 73.1. The van der Waals surface area contributed by atoms with Gasteiger partial charge in [0.2, 0.25) is 0 Å². The first-order valence-corrected chi connectivity index (χ1v) is 44.7. The highest BCUT2D eigenvalue weighted by molar-refractivity contribution is 7.47. The number of esters is 4. The second kappa shape index (κ2) is 79.8. The summed E-state index contributed by atoms with van der Waals surface area (Å²) in [5.74, 6) is -2.39. The van der Waals surface area contributed by atoms with E-state index in [4.69, 9.17) is 37.0 Å². The van der Waals surface area contributed by atoms with Crippen LogP contribution in [-0.2, 0) is 65.4 Å². The molecule has 0 amide bonds. The van der Waals surface area contributed by atoms with E-state index in [0.29, 0.717) is 38.5 Å². The lowest BCUT2D eigenvalue weighted by molar-refractivity contribution is -0.161. The van der Waals surface area contributed by atoms with Crippen LogP contribution in [0.1, 0.15) is 323 Å².